The van der Waals surface area contributed by atoms with Gasteiger partial charge in [-0.25, -0.2) is 4.79 Å². The van der Waals surface area contributed by atoms with Gasteiger partial charge in [0.2, 0.25) is 0 Å². The van der Waals surface area contributed by atoms with Gasteiger partial charge in [0.1, 0.15) is 23.1 Å². The number of carbonyl (C=O) groups is 2. The first-order valence-electron chi connectivity index (χ1n) is 13.1. The van der Waals surface area contributed by atoms with Gasteiger partial charge in [0.25, 0.3) is 5.91 Å². The van der Waals surface area contributed by atoms with Crippen LogP contribution >= 0.6 is 0 Å². The maximum Gasteiger partial charge on any atom is 0.326 e. The van der Waals surface area contributed by atoms with Crippen molar-refractivity contribution in [1.82, 2.24) is 4.90 Å². The molecule has 36 heavy (non-hydrogen) atoms. The van der Waals surface area contributed by atoms with Crippen molar-refractivity contribution in [2.45, 2.75) is 97.6 Å². The van der Waals surface area contributed by atoms with Crippen LogP contribution in [-0.2, 0) is 17.8 Å². The molecule has 4 aliphatic rings. The van der Waals surface area contributed by atoms with Crippen LogP contribution in [0.5, 0.6) is 11.5 Å². The molecule has 0 radical (unpaired) electrons. The maximum absolute atomic E-state index is 13.3. The number of aliphatic hydroxyl groups is 2. The van der Waals surface area contributed by atoms with Crippen molar-refractivity contribution >= 4 is 11.9 Å². The van der Waals surface area contributed by atoms with Crippen molar-refractivity contribution in [3.8, 4) is 11.5 Å². The normalized spacial score (nSPS) is 37.5. The second-order valence-electron chi connectivity index (χ2n) is 12.8. The van der Waals surface area contributed by atoms with Crippen LogP contribution < -0.4 is 4.74 Å². The molecule has 7 atom stereocenters. The number of fused-ring (bicyclic) bond motifs is 5. The summed E-state index contributed by atoms with van der Waals surface area (Å²) in [5, 5.41) is 42.7. The predicted molar refractivity (Wildman–Crippen MR) is 132 cm³/mol. The molecule has 5 rings (SSSR count). The van der Waals surface area contributed by atoms with Crippen molar-refractivity contribution in [2.24, 2.45) is 28.6 Å². The number of benzene rings is 1. The number of aliphatic carboxylic acids is 1. The second-order valence-corrected chi connectivity index (χ2v) is 12.8. The lowest BCUT2D eigenvalue weighted by Crippen LogP contribution is -2.69. The van der Waals surface area contributed by atoms with Crippen LogP contribution in [-0.4, -0.2) is 61.1 Å². The highest BCUT2D eigenvalue weighted by Crippen LogP contribution is 2.67. The predicted octanol–water partition coefficient (Wildman–Crippen LogP) is 3.34. The number of amides is 1. The van der Waals surface area contributed by atoms with E-state index in [2.05, 4.69) is 13.8 Å². The number of nitrogens with zero attached hydrogens (tertiary/aromatic N) is 1. The van der Waals surface area contributed by atoms with Gasteiger partial charge in [-0.15, -0.1) is 0 Å². The van der Waals surface area contributed by atoms with Crippen molar-refractivity contribution < 1.29 is 34.8 Å². The summed E-state index contributed by atoms with van der Waals surface area (Å²) in [4.78, 5) is 26.7. The minimum atomic E-state index is -1.06. The highest BCUT2D eigenvalue weighted by molar-refractivity contribution is 6.02. The fraction of sp³-hybridized carbons (Fsp3) is 0.714. The summed E-state index contributed by atoms with van der Waals surface area (Å²) < 4.78 is 6.94. The van der Waals surface area contributed by atoms with E-state index in [1.165, 1.54) is 11.0 Å². The average molecular weight is 502 g/mol. The minimum Gasteiger partial charge on any atom is -0.508 e. The molecule has 1 aromatic carbocycles. The molecular weight excluding hydrogens is 462 g/mol. The van der Waals surface area contributed by atoms with E-state index < -0.39 is 46.6 Å². The fourth-order valence-corrected chi connectivity index (χ4v) is 8.43. The third-order valence-electron chi connectivity index (χ3n) is 10.3. The molecule has 0 bridgehead atoms. The van der Waals surface area contributed by atoms with Crippen LogP contribution in [0.25, 0.3) is 0 Å². The minimum absolute atomic E-state index is 0.0131. The summed E-state index contributed by atoms with van der Waals surface area (Å²) in [6, 6.07) is 0.485. The summed E-state index contributed by atoms with van der Waals surface area (Å²) in [6.07, 6.45) is 0.870. The Balaban J connectivity index is 1.61. The molecule has 1 amide bonds. The van der Waals surface area contributed by atoms with Crippen molar-refractivity contribution in [3.63, 3.8) is 0 Å². The Morgan fingerprint density at radius 3 is 2.44 bits per heavy atom. The Labute approximate surface area is 212 Å². The zero-order chi connectivity index (χ0) is 26.5. The topological polar surface area (TPSA) is 128 Å². The molecule has 4 N–H and O–H groups in total. The Bertz CT molecular complexity index is 1130. The van der Waals surface area contributed by atoms with Crippen LogP contribution in [0.4, 0.5) is 0 Å². The third kappa shape index (κ3) is 3.06. The highest BCUT2D eigenvalue weighted by atomic mass is 16.5. The van der Waals surface area contributed by atoms with Crippen LogP contribution in [0.15, 0.2) is 6.07 Å². The van der Waals surface area contributed by atoms with E-state index in [0.29, 0.717) is 35.3 Å². The quantitative estimate of drug-likeness (QED) is 0.500. The molecule has 2 fully saturated rings. The number of phenols is 1. The van der Waals surface area contributed by atoms with E-state index in [4.69, 9.17) is 4.74 Å². The SMILES string of the molecule is CC(C)[C@@H](C(=O)O)N1Cc2c(cc(O)c3c2O[C@]2(C3)[C@H](C)CCC3C(C)(C)[C@H](O)[C@H](O)C[C@@]32C)C1=O. The summed E-state index contributed by atoms with van der Waals surface area (Å²) in [5.74, 6) is -1.09. The van der Waals surface area contributed by atoms with Gasteiger partial charge in [-0.05, 0) is 48.5 Å². The van der Waals surface area contributed by atoms with Crippen LogP contribution in [0.1, 0.15) is 82.3 Å². The molecular formula is C28H39NO7. The third-order valence-corrected chi connectivity index (χ3v) is 10.3. The number of phenolic OH excluding ortho intramolecular Hbond substituents is 1. The number of carbonyl (C=O) groups excluding carboxylic acids is 1. The standard InChI is InChI=1S/C28H39NO7/c1-13(2)21(25(34)35)29-12-17-15(24(29)33)9-18(30)16-10-28(36-22(16)17)14(3)7-8-20-26(4,5)23(32)19(31)11-27(20,28)6/h9,13-14,19-21,23,30-32H,7-8,10-12H2,1-6H3,(H,34,35)/t14-,19-,20?,21+,23-,27+,28-/m1/s1. The first-order valence-corrected chi connectivity index (χ1v) is 13.1. The average Bonchev–Trinajstić information content (AvgIpc) is 3.32. The molecule has 1 aromatic rings. The summed E-state index contributed by atoms with van der Waals surface area (Å²) in [5.41, 5.74) is -0.184. The number of aliphatic hydroxyl groups excluding tert-OH is 2. The molecule has 2 aliphatic carbocycles. The van der Waals surface area contributed by atoms with Gasteiger partial charge < -0.3 is 30.1 Å². The van der Waals surface area contributed by atoms with Gasteiger partial charge in [-0.1, -0.05) is 41.5 Å². The van der Waals surface area contributed by atoms with Gasteiger partial charge >= 0.3 is 5.97 Å². The van der Waals surface area contributed by atoms with E-state index in [0.717, 1.165) is 12.8 Å². The van der Waals surface area contributed by atoms with Crippen molar-refractivity contribution in [2.75, 3.05) is 0 Å². The molecule has 1 spiro atoms. The number of carboxylic acid groups (broad SMARTS) is 1. The summed E-state index contributed by atoms with van der Waals surface area (Å²) >= 11 is 0. The first kappa shape index (κ1) is 25.3. The summed E-state index contributed by atoms with van der Waals surface area (Å²) in [6.45, 7) is 12.0. The molecule has 198 valence electrons. The van der Waals surface area contributed by atoms with Crippen LogP contribution in [0.3, 0.4) is 0 Å². The lowest BCUT2D eigenvalue weighted by molar-refractivity contribution is -0.240. The van der Waals surface area contributed by atoms with Crippen molar-refractivity contribution in [3.05, 3.63) is 22.8 Å². The van der Waals surface area contributed by atoms with Crippen molar-refractivity contribution in [1.29, 1.82) is 0 Å². The number of rotatable bonds is 3. The number of aromatic hydroxyl groups is 1. The zero-order valence-corrected chi connectivity index (χ0v) is 22.0. The Kier molecular flexibility index (Phi) is 5.52. The van der Waals surface area contributed by atoms with Gasteiger partial charge in [-0.2, -0.15) is 0 Å². The molecule has 0 saturated heterocycles. The summed E-state index contributed by atoms with van der Waals surface area (Å²) in [7, 11) is 0. The smallest absolute Gasteiger partial charge is 0.326 e. The van der Waals surface area contributed by atoms with Crippen LogP contribution in [0.2, 0.25) is 0 Å². The molecule has 8 heteroatoms. The lowest BCUT2D eigenvalue weighted by atomic mass is 9.43. The number of hydrogen-bond acceptors (Lipinski definition) is 6. The second kappa shape index (κ2) is 7.84. The molecule has 0 aromatic heterocycles. The number of hydrogen-bond donors (Lipinski definition) is 4. The van der Waals surface area contributed by atoms with E-state index in [1.54, 1.807) is 13.8 Å². The Morgan fingerprint density at radius 1 is 1.17 bits per heavy atom. The molecule has 8 nitrogen and oxygen atoms in total. The van der Waals surface area contributed by atoms with E-state index in [9.17, 15) is 30.0 Å². The maximum atomic E-state index is 13.3. The fourth-order valence-electron chi connectivity index (χ4n) is 8.43. The molecule has 1 unspecified atom stereocenters. The Hall–Kier alpha value is -2.32. The largest absolute Gasteiger partial charge is 0.508 e. The first-order chi connectivity index (χ1) is 16.7. The van der Waals surface area contributed by atoms with Gasteiger partial charge in [0.15, 0.2) is 0 Å². The van der Waals surface area contributed by atoms with E-state index >= 15 is 0 Å². The van der Waals surface area contributed by atoms with Gasteiger partial charge in [-0.3, -0.25) is 4.79 Å². The molecule has 2 saturated carbocycles. The van der Waals surface area contributed by atoms with Gasteiger partial charge in [0, 0.05) is 23.0 Å². The molecule has 2 heterocycles. The Morgan fingerprint density at radius 2 is 1.83 bits per heavy atom. The monoisotopic (exact) mass is 501 g/mol. The molecule has 2 aliphatic heterocycles. The zero-order valence-electron chi connectivity index (χ0n) is 22.0. The van der Waals surface area contributed by atoms with E-state index in [1.807, 2.05) is 13.8 Å². The van der Waals surface area contributed by atoms with Crippen LogP contribution in [0, 0.1) is 28.6 Å². The highest BCUT2D eigenvalue weighted by Gasteiger charge is 2.69. The number of carboxylic acids is 1. The van der Waals surface area contributed by atoms with Gasteiger partial charge in [0.05, 0.1) is 24.3 Å². The number of ether oxygens (including phenoxy) is 1. The van der Waals surface area contributed by atoms with E-state index in [-0.39, 0.29) is 30.0 Å². The lowest BCUT2D eigenvalue weighted by Gasteiger charge is -2.64.